The Kier molecular flexibility index (Phi) is 2.78. The standard InChI is InChI=1S/C19H15N3/c20-11-15-7-8-17(14-5-6-14)22-18(15)19(12-21)10-9-13-3-1-2-4-16(13)19/h1-4,7-8,14H,5-6,9-10H2. The summed E-state index contributed by atoms with van der Waals surface area (Å²) in [6, 6.07) is 16.6. The van der Waals surface area contributed by atoms with Gasteiger partial charge in [0.05, 0.1) is 17.3 Å². The van der Waals surface area contributed by atoms with E-state index in [1.807, 2.05) is 30.3 Å². The van der Waals surface area contributed by atoms with Gasteiger partial charge >= 0.3 is 0 Å². The van der Waals surface area contributed by atoms with Crippen molar-refractivity contribution in [2.75, 3.05) is 0 Å². The molecular weight excluding hydrogens is 270 g/mol. The number of hydrogen-bond acceptors (Lipinski definition) is 3. The van der Waals surface area contributed by atoms with E-state index in [-0.39, 0.29) is 0 Å². The Bertz CT molecular complexity index is 836. The van der Waals surface area contributed by atoms with E-state index in [2.05, 4.69) is 18.2 Å². The van der Waals surface area contributed by atoms with Crippen LogP contribution in [0.5, 0.6) is 0 Å². The van der Waals surface area contributed by atoms with Crippen LogP contribution in [-0.4, -0.2) is 4.98 Å². The number of nitriles is 2. The number of benzene rings is 1. The van der Waals surface area contributed by atoms with Crippen molar-refractivity contribution in [3.8, 4) is 12.1 Å². The van der Waals surface area contributed by atoms with Gasteiger partial charge in [0, 0.05) is 11.6 Å². The van der Waals surface area contributed by atoms with Crippen LogP contribution >= 0.6 is 0 Å². The van der Waals surface area contributed by atoms with Crippen LogP contribution in [-0.2, 0) is 11.8 Å². The summed E-state index contributed by atoms with van der Waals surface area (Å²) in [7, 11) is 0. The van der Waals surface area contributed by atoms with Crippen molar-refractivity contribution in [2.24, 2.45) is 0 Å². The Hall–Kier alpha value is -2.65. The number of hydrogen-bond donors (Lipinski definition) is 0. The molecule has 0 N–H and O–H groups in total. The van der Waals surface area contributed by atoms with Gasteiger partial charge in [0.2, 0.25) is 0 Å². The topological polar surface area (TPSA) is 60.5 Å². The predicted molar refractivity (Wildman–Crippen MR) is 82.1 cm³/mol. The van der Waals surface area contributed by atoms with Gasteiger partial charge in [0.25, 0.3) is 0 Å². The minimum Gasteiger partial charge on any atom is -0.254 e. The maximum absolute atomic E-state index is 9.98. The minimum absolute atomic E-state index is 0.513. The van der Waals surface area contributed by atoms with Gasteiger partial charge in [-0.15, -0.1) is 0 Å². The summed E-state index contributed by atoms with van der Waals surface area (Å²) in [4.78, 5) is 4.78. The maximum atomic E-state index is 9.98. The molecule has 3 nitrogen and oxygen atoms in total. The van der Waals surface area contributed by atoms with E-state index >= 15 is 0 Å². The first-order valence-electron chi connectivity index (χ1n) is 7.69. The number of fused-ring (bicyclic) bond motifs is 1. The lowest BCUT2D eigenvalue weighted by atomic mass is 9.78. The van der Waals surface area contributed by atoms with Crippen LogP contribution in [0.3, 0.4) is 0 Å². The van der Waals surface area contributed by atoms with E-state index in [1.165, 1.54) is 5.56 Å². The maximum Gasteiger partial charge on any atom is 0.126 e. The highest BCUT2D eigenvalue weighted by Crippen LogP contribution is 2.46. The fourth-order valence-electron chi connectivity index (χ4n) is 3.52. The second kappa shape index (κ2) is 4.68. The summed E-state index contributed by atoms with van der Waals surface area (Å²) in [6.45, 7) is 0. The van der Waals surface area contributed by atoms with Crippen LogP contribution < -0.4 is 0 Å². The zero-order valence-electron chi connectivity index (χ0n) is 12.2. The zero-order chi connectivity index (χ0) is 15.2. The van der Waals surface area contributed by atoms with Crippen molar-refractivity contribution >= 4 is 0 Å². The Morgan fingerprint density at radius 2 is 1.91 bits per heavy atom. The highest BCUT2D eigenvalue weighted by Gasteiger charge is 2.44. The van der Waals surface area contributed by atoms with Crippen LogP contribution in [0.15, 0.2) is 36.4 Å². The first-order chi connectivity index (χ1) is 10.8. The molecule has 0 bridgehead atoms. The van der Waals surface area contributed by atoms with Crippen molar-refractivity contribution in [3.05, 3.63) is 64.5 Å². The molecule has 22 heavy (non-hydrogen) atoms. The normalized spacial score (nSPS) is 22.6. The molecule has 106 valence electrons. The Morgan fingerprint density at radius 3 is 2.64 bits per heavy atom. The number of nitrogens with zero attached hydrogens (tertiary/aromatic N) is 3. The fraction of sp³-hybridized carbons (Fsp3) is 0.316. The molecule has 1 fully saturated rings. The molecule has 2 aliphatic rings. The van der Waals surface area contributed by atoms with Crippen LogP contribution in [0.1, 0.15) is 53.3 Å². The van der Waals surface area contributed by atoms with Crippen molar-refractivity contribution in [3.63, 3.8) is 0 Å². The van der Waals surface area contributed by atoms with Gasteiger partial charge in [-0.1, -0.05) is 24.3 Å². The molecule has 1 heterocycles. The first-order valence-corrected chi connectivity index (χ1v) is 7.69. The number of rotatable bonds is 2. The second-order valence-corrected chi connectivity index (χ2v) is 6.19. The summed E-state index contributed by atoms with van der Waals surface area (Å²) >= 11 is 0. The minimum atomic E-state index is -0.771. The van der Waals surface area contributed by atoms with E-state index in [4.69, 9.17) is 4.98 Å². The average molecular weight is 285 g/mol. The van der Waals surface area contributed by atoms with Crippen LogP contribution in [0, 0.1) is 22.7 Å². The summed E-state index contributed by atoms with van der Waals surface area (Å²) in [5.74, 6) is 0.513. The summed E-state index contributed by atoms with van der Waals surface area (Å²) in [5, 5.41) is 19.5. The summed E-state index contributed by atoms with van der Waals surface area (Å²) in [6.07, 6.45) is 3.89. The lowest BCUT2D eigenvalue weighted by Gasteiger charge is -2.23. The molecule has 0 radical (unpaired) electrons. The molecule has 3 heteroatoms. The molecule has 4 rings (SSSR count). The Morgan fingerprint density at radius 1 is 1.09 bits per heavy atom. The molecular formula is C19H15N3. The van der Waals surface area contributed by atoms with Gasteiger partial charge in [-0.2, -0.15) is 10.5 Å². The van der Waals surface area contributed by atoms with E-state index < -0.39 is 5.41 Å². The van der Waals surface area contributed by atoms with Gasteiger partial charge in [-0.3, -0.25) is 4.98 Å². The monoisotopic (exact) mass is 285 g/mol. The van der Waals surface area contributed by atoms with Gasteiger partial charge in [-0.05, 0) is 48.9 Å². The molecule has 0 aliphatic heterocycles. The average Bonchev–Trinajstić information content (AvgIpc) is 3.36. The van der Waals surface area contributed by atoms with Crippen molar-refractivity contribution in [1.29, 1.82) is 10.5 Å². The van der Waals surface area contributed by atoms with E-state index in [1.54, 1.807) is 0 Å². The third-order valence-electron chi connectivity index (χ3n) is 4.87. The van der Waals surface area contributed by atoms with Crippen LogP contribution in [0.2, 0.25) is 0 Å². The molecule has 1 aromatic heterocycles. The molecule has 0 spiro atoms. The SMILES string of the molecule is N#Cc1ccc(C2CC2)nc1C1(C#N)CCc2ccccc21. The highest BCUT2D eigenvalue weighted by atomic mass is 14.8. The molecule has 1 unspecified atom stereocenters. The molecule has 1 atom stereocenters. The van der Waals surface area contributed by atoms with Crippen LogP contribution in [0.4, 0.5) is 0 Å². The molecule has 0 amide bonds. The van der Waals surface area contributed by atoms with Gasteiger partial charge < -0.3 is 0 Å². The molecule has 0 saturated heterocycles. The molecule has 1 saturated carbocycles. The van der Waals surface area contributed by atoms with Crippen molar-refractivity contribution < 1.29 is 0 Å². The first kappa shape index (κ1) is 13.0. The Labute approximate surface area is 129 Å². The summed E-state index contributed by atoms with van der Waals surface area (Å²) < 4.78 is 0. The third kappa shape index (κ3) is 1.76. The summed E-state index contributed by atoms with van der Waals surface area (Å²) in [5.41, 5.74) is 3.68. The quantitative estimate of drug-likeness (QED) is 0.847. The molecule has 2 aromatic rings. The van der Waals surface area contributed by atoms with Crippen molar-refractivity contribution in [2.45, 2.75) is 37.0 Å². The number of pyridine rings is 1. The van der Waals surface area contributed by atoms with Gasteiger partial charge in [-0.25, -0.2) is 0 Å². The predicted octanol–water partition coefficient (Wildman–Crippen LogP) is 3.59. The van der Waals surface area contributed by atoms with Crippen molar-refractivity contribution in [1.82, 2.24) is 4.98 Å². The van der Waals surface area contributed by atoms with Crippen LogP contribution in [0.25, 0.3) is 0 Å². The smallest absolute Gasteiger partial charge is 0.126 e. The van der Waals surface area contributed by atoms with Gasteiger partial charge in [0.15, 0.2) is 0 Å². The van der Waals surface area contributed by atoms with Gasteiger partial charge in [0.1, 0.15) is 11.5 Å². The molecule has 2 aliphatic carbocycles. The lowest BCUT2D eigenvalue weighted by Crippen LogP contribution is -2.26. The fourth-order valence-corrected chi connectivity index (χ4v) is 3.52. The number of aromatic nitrogens is 1. The lowest BCUT2D eigenvalue weighted by molar-refractivity contribution is 0.621. The Balaban J connectivity index is 1.95. The zero-order valence-corrected chi connectivity index (χ0v) is 12.2. The van der Waals surface area contributed by atoms with E-state index in [0.717, 1.165) is 30.5 Å². The third-order valence-corrected chi connectivity index (χ3v) is 4.87. The number of aryl methyl sites for hydroxylation is 1. The largest absolute Gasteiger partial charge is 0.254 e. The molecule has 1 aromatic carbocycles. The van der Waals surface area contributed by atoms with E-state index in [9.17, 15) is 10.5 Å². The van der Waals surface area contributed by atoms with E-state index in [0.29, 0.717) is 23.6 Å². The highest BCUT2D eigenvalue weighted by molar-refractivity contribution is 5.55. The second-order valence-electron chi connectivity index (χ2n) is 6.19.